The largest absolute Gasteiger partial charge is 0.273 e. The van der Waals surface area contributed by atoms with Gasteiger partial charge in [0.05, 0.1) is 17.4 Å². The molecule has 2 aliphatic heterocycles. The molecular formula is C24H19ClN2O3. The van der Waals surface area contributed by atoms with Gasteiger partial charge >= 0.3 is 0 Å². The van der Waals surface area contributed by atoms with Crippen molar-refractivity contribution in [3.05, 3.63) is 95.0 Å². The van der Waals surface area contributed by atoms with Crippen LogP contribution in [0.5, 0.6) is 0 Å². The minimum atomic E-state index is -0.888. The van der Waals surface area contributed by atoms with Crippen molar-refractivity contribution in [3.63, 3.8) is 0 Å². The van der Waals surface area contributed by atoms with Gasteiger partial charge in [-0.3, -0.25) is 14.4 Å². The number of fused-ring (bicyclic) bond motifs is 1. The van der Waals surface area contributed by atoms with E-state index in [0.29, 0.717) is 16.3 Å². The van der Waals surface area contributed by atoms with Gasteiger partial charge in [0.2, 0.25) is 5.91 Å². The van der Waals surface area contributed by atoms with Crippen LogP contribution in [0.1, 0.15) is 17.2 Å². The van der Waals surface area contributed by atoms with Crippen molar-refractivity contribution in [2.24, 2.45) is 5.92 Å². The van der Waals surface area contributed by atoms with Crippen LogP contribution in [-0.4, -0.2) is 17.9 Å². The molecule has 5 nitrogen and oxygen atoms in total. The van der Waals surface area contributed by atoms with Gasteiger partial charge in [0, 0.05) is 5.02 Å². The highest BCUT2D eigenvalue weighted by molar-refractivity contribution is 6.32. The van der Waals surface area contributed by atoms with E-state index in [2.05, 4.69) is 0 Å². The summed E-state index contributed by atoms with van der Waals surface area (Å²) in [7, 11) is 0. The van der Waals surface area contributed by atoms with Gasteiger partial charge in [-0.15, -0.1) is 0 Å². The summed E-state index contributed by atoms with van der Waals surface area (Å²) in [5, 5.41) is 2.21. The third kappa shape index (κ3) is 2.82. The molecule has 30 heavy (non-hydrogen) atoms. The molecule has 0 unspecified atom stereocenters. The lowest BCUT2D eigenvalue weighted by molar-refractivity contribution is -0.126. The van der Waals surface area contributed by atoms with Crippen molar-refractivity contribution in [1.82, 2.24) is 0 Å². The van der Waals surface area contributed by atoms with Gasteiger partial charge in [-0.05, 0) is 42.3 Å². The van der Waals surface area contributed by atoms with Crippen LogP contribution < -0.4 is 9.96 Å². The molecule has 2 aliphatic rings. The number of carbonyl (C=O) groups is 2. The van der Waals surface area contributed by atoms with E-state index in [4.69, 9.17) is 16.4 Å². The molecule has 5 rings (SSSR count). The molecule has 2 heterocycles. The summed E-state index contributed by atoms with van der Waals surface area (Å²) in [6.45, 7) is 1.80. The zero-order valence-electron chi connectivity index (χ0n) is 16.2. The highest BCUT2D eigenvalue weighted by Crippen LogP contribution is 2.48. The first-order chi connectivity index (χ1) is 14.6. The Balaban J connectivity index is 1.60. The number of hydrogen-bond acceptors (Lipinski definition) is 4. The summed E-state index contributed by atoms with van der Waals surface area (Å²) >= 11 is 6.25. The molecule has 0 N–H and O–H groups in total. The number of nitrogens with zero attached hydrogens (tertiary/aromatic N) is 2. The van der Waals surface area contributed by atoms with Gasteiger partial charge in [-0.1, -0.05) is 66.2 Å². The summed E-state index contributed by atoms with van der Waals surface area (Å²) in [6.07, 6.45) is -0.888. The quantitative estimate of drug-likeness (QED) is 0.578. The SMILES string of the molecule is Cc1c(Cl)cccc1N1C(=O)[C@H]2[C@@H](c3ccccc3)N(c3ccccc3)O[C@H]2C1=O. The molecule has 150 valence electrons. The predicted octanol–water partition coefficient (Wildman–Crippen LogP) is 4.70. The van der Waals surface area contributed by atoms with Crippen LogP contribution >= 0.6 is 11.6 Å². The number of anilines is 2. The highest BCUT2D eigenvalue weighted by atomic mass is 35.5. The van der Waals surface area contributed by atoms with Crippen LogP contribution in [0.2, 0.25) is 5.02 Å². The Hall–Kier alpha value is -3.15. The topological polar surface area (TPSA) is 49.9 Å². The fourth-order valence-electron chi connectivity index (χ4n) is 4.28. The first-order valence-corrected chi connectivity index (χ1v) is 10.1. The molecule has 0 spiro atoms. The van der Waals surface area contributed by atoms with Crippen LogP contribution in [0.3, 0.4) is 0 Å². The number of hydroxylamine groups is 1. The van der Waals surface area contributed by atoms with Crippen LogP contribution in [0.4, 0.5) is 11.4 Å². The Morgan fingerprint density at radius 2 is 1.50 bits per heavy atom. The first kappa shape index (κ1) is 18.9. The maximum atomic E-state index is 13.6. The molecule has 3 atom stereocenters. The van der Waals surface area contributed by atoms with Gasteiger partial charge in [0.1, 0.15) is 5.92 Å². The van der Waals surface area contributed by atoms with Crippen molar-refractivity contribution in [1.29, 1.82) is 0 Å². The fourth-order valence-corrected chi connectivity index (χ4v) is 4.45. The molecule has 2 amide bonds. The smallest absolute Gasteiger partial charge is 0.266 e. The van der Waals surface area contributed by atoms with Crippen molar-refractivity contribution in [3.8, 4) is 0 Å². The average molecular weight is 419 g/mol. The van der Waals surface area contributed by atoms with E-state index < -0.39 is 18.1 Å². The fraction of sp³-hybridized carbons (Fsp3) is 0.167. The van der Waals surface area contributed by atoms with Crippen LogP contribution in [-0.2, 0) is 14.4 Å². The molecular weight excluding hydrogens is 400 g/mol. The third-order valence-corrected chi connectivity index (χ3v) is 6.16. The van der Waals surface area contributed by atoms with E-state index in [0.717, 1.165) is 11.3 Å². The summed E-state index contributed by atoms with van der Waals surface area (Å²) < 4.78 is 0. The normalized spacial score (nSPS) is 23.2. The number of carbonyl (C=O) groups excluding carboxylic acids is 2. The van der Waals surface area contributed by atoms with Gasteiger partial charge in [0.15, 0.2) is 6.10 Å². The standard InChI is InChI=1S/C24H19ClN2O3/c1-15-18(25)13-8-14-19(15)26-23(28)20-21(16-9-4-2-5-10-16)27(30-22(20)24(26)29)17-11-6-3-7-12-17/h2-14,20-22H,1H3/t20-,21+,22+/m0/s1. The van der Waals surface area contributed by atoms with Crippen LogP contribution in [0.25, 0.3) is 0 Å². The van der Waals surface area contributed by atoms with E-state index in [9.17, 15) is 9.59 Å². The summed E-state index contributed by atoms with van der Waals surface area (Å²) in [5.74, 6) is -1.30. The third-order valence-electron chi connectivity index (χ3n) is 5.75. The lowest BCUT2D eigenvalue weighted by atomic mass is 9.90. The van der Waals surface area contributed by atoms with Gasteiger partial charge < -0.3 is 0 Å². The number of para-hydroxylation sites is 1. The zero-order valence-corrected chi connectivity index (χ0v) is 17.0. The van der Waals surface area contributed by atoms with E-state index in [1.54, 1.807) is 30.2 Å². The number of amides is 2. The summed E-state index contributed by atoms with van der Waals surface area (Å²) in [4.78, 5) is 34.3. The predicted molar refractivity (Wildman–Crippen MR) is 115 cm³/mol. The van der Waals surface area contributed by atoms with Gasteiger partial charge in [-0.2, -0.15) is 0 Å². The maximum Gasteiger partial charge on any atom is 0.266 e. The van der Waals surface area contributed by atoms with E-state index >= 15 is 0 Å². The second kappa shape index (κ2) is 7.27. The maximum absolute atomic E-state index is 13.6. The summed E-state index contributed by atoms with van der Waals surface area (Å²) in [5.41, 5.74) is 2.91. The molecule has 6 heteroatoms. The minimum Gasteiger partial charge on any atom is -0.273 e. The Bertz CT molecular complexity index is 1120. The lowest BCUT2D eigenvalue weighted by Crippen LogP contribution is -2.37. The second-order valence-corrected chi connectivity index (χ2v) is 7.87. The summed E-state index contributed by atoms with van der Waals surface area (Å²) in [6, 6.07) is 24.0. The molecule has 0 bridgehead atoms. The zero-order chi connectivity index (χ0) is 20.8. The van der Waals surface area contributed by atoms with Crippen molar-refractivity contribution >= 4 is 34.8 Å². The molecule has 2 saturated heterocycles. The molecule has 0 saturated carbocycles. The Morgan fingerprint density at radius 3 is 2.20 bits per heavy atom. The molecule has 0 radical (unpaired) electrons. The van der Waals surface area contributed by atoms with E-state index in [1.165, 1.54) is 4.90 Å². The number of hydrogen-bond donors (Lipinski definition) is 0. The Kier molecular flexibility index (Phi) is 4.57. The average Bonchev–Trinajstić information content (AvgIpc) is 3.28. The Morgan fingerprint density at radius 1 is 0.833 bits per heavy atom. The number of halogens is 1. The van der Waals surface area contributed by atoms with Crippen molar-refractivity contribution < 1.29 is 14.4 Å². The number of rotatable bonds is 3. The molecule has 3 aromatic rings. The number of benzene rings is 3. The van der Waals surface area contributed by atoms with Crippen molar-refractivity contribution in [2.75, 3.05) is 9.96 Å². The molecule has 0 aliphatic carbocycles. The molecule has 0 aromatic heterocycles. The van der Waals surface area contributed by atoms with Gasteiger partial charge in [-0.25, -0.2) is 9.96 Å². The van der Waals surface area contributed by atoms with Crippen LogP contribution in [0.15, 0.2) is 78.9 Å². The minimum absolute atomic E-state index is 0.275. The highest BCUT2D eigenvalue weighted by Gasteiger charge is 2.60. The lowest BCUT2D eigenvalue weighted by Gasteiger charge is -2.29. The second-order valence-electron chi connectivity index (χ2n) is 7.46. The molecule has 3 aromatic carbocycles. The van der Waals surface area contributed by atoms with Crippen LogP contribution in [0, 0.1) is 12.8 Å². The van der Waals surface area contributed by atoms with E-state index in [-0.39, 0.29) is 11.8 Å². The first-order valence-electron chi connectivity index (χ1n) is 9.77. The monoisotopic (exact) mass is 418 g/mol. The van der Waals surface area contributed by atoms with Gasteiger partial charge in [0.25, 0.3) is 5.91 Å². The van der Waals surface area contributed by atoms with E-state index in [1.807, 2.05) is 60.7 Å². The Labute approximate surface area is 179 Å². The van der Waals surface area contributed by atoms with Crippen molar-refractivity contribution in [2.45, 2.75) is 19.1 Å². The molecule has 2 fully saturated rings. The number of imide groups is 1.